The molecule has 0 unspecified atom stereocenters. The summed E-state index contributed by atoms with van der Waals surface area (Å²) >= 11 is 3.28. The molecule has 86 valence electrons. The van der Waals surface area contributed by atoms with Crippen molar-refractivity contribution in [1.29, 1.82) is 0 Å². The maximum atomic E-state index is 11.7. The average molecular weight is 286 g/mol. The molecule has 1 aromatic heterocycles. The first-order chi connectivity index (χ1) is 7.58. The van der Waals surface area contributed by atoms with Gasteiger partial charge in [0.1, 0.15) is 5.69 Å². The Morgan fingerprint density at radius 2 is 2.38 bits per heavy atom. The van der Waals surface area contributed by atoms with Crippen molar-refractivity contribution in [1.82, 2.24) is 9.99 Å². The third kappa shape index (κ3) is 3.01. The Kier molecular flexibility index (Phi) is 4.39. The van der Waals surface area contributed by atoms with Crippen LogP contribution in [0.1, 0.15) is 0 Å². The van der Waals surface area contributed by atoms with Crippen molar-refractivity contribution < 1.29 is 0 Å². The van der Waals surface area contributed by atoms with Crippen molar-refractivity contribution in [2.45, 2.75) is 0 Å². The summed E-state index contributed by atoms with van der Waals surface area (Å²) in [4.78, 5) is 19.5. The Labute approximate surface area is 101 Å². The predicted molar refractivity (Wildman–Crippen MR) is 68.2 cm³/mol. The molecule has 0 aliphatic rings. The zero-order valence-electron chi connectivity index (χ0n) is 8.94. The second kappa shape index (κ2) is 5.57. The van der Waals surface area contributed by atoms with E-state index in [1.54, 1.807) is 26.4 Å². The molecule has 0 aliphatic carbocycles. The zero-order valence-corrected chi connectivity index (χ0v) is 10.5. The lowest BCUT2D eigenvalue weighted by Gasteiger charge is -2.02. The minimum absolute atomic E-state index is 0.208. The molecule has 0 aromatic carbocycles. The van der Waals surface area contributed by atoms with E-state index in [1.165, 1.54) is 10.8 Å². The van der Waals surface area contributed by atoms with Gasteiger partial charge in [-0.15, -0.1) is 0 Å². The molecule has 3 N–H and O–H groups in total. The van der Waals surface area contributed by atoms with Crippen molar-refractivity contribution in [2.75, 3.05) is 7.05 Å². The lowest BCUT2D eigenvalue weighted by molar-refractivity contribution is 0.855. The fraction of sp³-hybridized carbons (Fsp3) is 0.222. The summed E-state index contributed by atoms with van der Waals surface area (Å²) < 4.78 is 2.19. The second-order valence-electron chi connectivity index (χ2n) is 2.99. The Bertz CT molecular complexity index is 491. The van der Waals surface area contributed by atoms with E-state index < -0.39 is 0 Å². The SMILES string of the molecule is CN=CC(=Nc1cc(Br)cn(C)c1=O)NN. The molecule has 0 radical (unpaired) electrons. The van der Waals surface area contributed by atoms with E-state index in [4.69, 9.17) is 5.84 Å². The fourth-order valence-corrected chi connectivity index (χ4v) is 1.61. The largest absolute Gasteiger partial charge is 0.316 e. The van der Waals surface area contributed by atoms with Crippen LogP contribution in [0.5, 0.6) is 0 Å². The highest BCUT2D eigenvalue weighted by molar-refractivity contribution is 9.10. The van der Waals surface area contributed by atoms with E-state index in [0.717, 1.165) is 4.47 Å². The van der Waals surface area contributed by atoms with Crippen LogP contribution in [-0.4, -0.2) is 23.7 Å². The van der Waals surface area contributed by atoms with E-state index in [1.807, 2.05) is 0 Å². The van der Waals surface area contributed by atoms with Gasteiger partial charge in [0.2, 0.25) is 0 Å². The number of aromatic nitrogens is 1. The summed E-state index contributed by atoms with van der Waals surface area (Å²) in [6.07, 6.45) is 3.09. The van der Waals surface area contributed by atoms with Crippen LogP contribution in [0.25, 0.3) is 0 Å². The van der Waals surface area contributed by atoms with Gasteiger partial charge in [0.15, 0.2) is 5.84 Å². The van der Waals surface area contributed by atoms with Gasteiger partial charge in [-0.25, -0.2) is 10.8 Å². The summed E-state index contributed by atoms with van der Waals surface area (Å²) in [6.45, 7) is 0. The fourth-order valence-electron chi connectivity index (χ4n) is 1.08. The Morgan fingerprint density at radius 1 is 1.69 bits per heavy atom. The van der Waals surface area contributed by atoms with Crippen LogP contribution < -0.4 is 16.8 Å². The molecular formula is C9H12BrN5O. The molecule has 0 bridgehead atoms. The monoisotopic (exact) mass is 285 g/mol. The summed E-state index contributed by atoms with van der Waals surface area (Å²) in [5.74, 6) is 5.56. The third-order valence-electron chi connectivity index (χ3n) is 1.77. The van der Waals surface area contributed by atoms with Gasteiger partial charge < -0.3 is 9.99 Å². The highest BCUT2D eigenvalue weighted by Gasteiger charge is 2.03. The summed E-state index contributed by atoms with van der Waals surface area (Å²) in [5, 5.41) is 0. The number of amidine groups is 1. The first kappa shape index (κ1) is 12.6. The standard InChI is InChI=1S/C9H12BrN5O/c1-12-4-8(14-11)13-7-3-6(10)5-15(2)9(7)16/h3-5H,11H2,1-2H3,(H,13,14). The van der Waals surface area contributed by atoms with Crippen LogP contribution >= 0.6 is 15.9 Å². The number of nitrogens with one attached hydrogen (secondary N) is 1. The number of nitrogens with zero attached hydrogens (tertiary/aromatic N) is 3. The highest BCUT2D eigenvalue weighted by atomic mass is 79.9. The molecule has 0 amide bonds. The number of pyridine rings is 1. The zero-order chi connectivity index (χ0) is 12.1. The molecule has 0 saturated carbocycles. The van der Waals surface area contributed by atoms with E-state index in [2.05, 4.69) is 31.3 Å². The van der Waals surface area contributed by atoms with E-state index in [0.29, 0.717) is 5.84 Å². The number of hydrogen-bond donors (Lipinski definition) is 2. The molecule has 0 saturated heterocycles. The average Bonchev–Trinajstić information content (AvgIpc) is 2.24. The quantitative estimate of drug-likeness (QED) is 0.356. The molecule has 16 heavy (non-hydrogen) atoms. The smallest absolute Gasteiger partial charge is 0.276 e. The first-order valence-corrected chi connectivity index (χ1v) is 5.21. The molecule has 1 heterocycles. The summed E-state index contributed by atoms with van der Waals surface area (Å²) in [7, 11) is 3.24. The van der Waals surface area contributed by atoms with Crippen LogP contribution in [-0.2, 0) is 7.05 Å². The molecule has 1 aromatic rings. The van der Waals surface area contributed by atoms with Crippen LogP contribution in [0.2, 0.25) is 0 Å². The van der Waals surface area contributed by atoms with Crippen molar-refractivity contribution >= 4 is 33.7 Å². The molecular weight excluding hydrogens is 274 g/mol. The number of hydrazine groups is 1. The molecule has 6 nitrogen and oxygen atoms in total. The Morgan fingerprint density at radius 3 is 2.94 bits per heavy atom. The Hall–Kier alpha value is -1.47. The molecule has 7 heteroatoms. The van der Waals surface area contributed by atoms with Gasteiger partial charge in [0.05, 0.1) is 6.21 Å². The van der Waals surface area contributed by atoms with Crippen LogP contribution in [0.15, 0.2) is 31.5 Å². The topological polar surface area (TPSA) is 84.8 Å². The summed E-state index contributed by atoms with van der Waals surface area (Å²) in [6, 6.07) is 1.61. The van der Waals surface area contributed by atoms with Crippen molar-refractivity contribution in [3.05, 3.63) is 27.1 Å². The predicted octanol–water partition coefficient (Wildman–Crippen LogP) is 0.342. The maximum absolute atomic E-state index is 11.7. The van der Waals surface area contributed by atoms with Gasteiger partial charge >= 0.3 is 0 Å². The van der Waals surface area contributed by atoms with Gasteiger partial charge in [0, 0.05) is 24.8 Å². The van der Waals surface area contributed by atoms with Gasteiger partial charge in [-0.3, -0.25) is 9.79 Å². The molecule has 1 rings (SSSR count). The molecule has 0 atom stereocenters. The maximum Gasteiger partial charge on any atom is 0.276 e. The molecule has 0 spiro atoms. The summed E-state index contributed by atoms with van der Waals surface area (Å²) in [5.41, 5.74) is 2.43. The normalized spacial score (nSPS) is 12.1. The van der Waals surface area contributed by atoms with Crippen molar-refractivity contribution in [3.63, 3.8) is 0 Å². The van der Waals surface area contributed by atoms with Gasteiger partial charge in [0.25, 0.3) is 5.56 Å². The van der Waals surface area contributed by atoms with Crippen LogP contribution in [0.3, 0.4) is 0 Å². The molecule has 0 fully saturated rings. The number of aryl methyl sites for hydroxylation is 1. The van der Waals surface area contributed by atoms with E-state index in [-0.39, 0.29) is 11.2 Å². The first-order valence-electron chi connectivity index (χ1n) is 4.42. The number of aliphatic imine (C=N–C) groups is 2. The number of halogens is 1. The highest BCUT2D eigenvalue weighted by Crippen LogP contribution is 2.13. The van der Waals surface area contributed by atoms with Crippen LogP contribution in [0.4, 0.5) is 5.69 Å². The van der Waals surface area contributed by atoms with Gasteiger partial charge in [-0.05, 0) is 22.0 Å². The third-order valence-corrected chi connectivity index (χ3v) is 2.20. The second-order valence-corrected chi connectivity index (χ2v) is 3.90. The number of rotatable bonds is 2. The van der Waals surface area contributed by atoms with E-state index in [9.17, 15) is 4.79 Å². The van der Waals surface area contributed by atoms with Crippen LogP contribution in [0, 0.1) is 0 Å². The molecule has 0 aliphatic heterocycles. The Balaban J connectivity index is 3.28. The van der Waals surface area contributed by atoms with Crippen molar-refractivity contribution in [3.8, 4) is 0 Å². The lowest BCUT2D eigenvalue weighted by atomic mass is 10.4. The lowest BCUT2D eigenvalue weighted by Crippen LogP contribution is -2.31. The number of hydrogen-bond acceptors (Lipinski definition) is 4. The van der Waals surface area contributed by atoms with Crippen molar-refractivity contribution in [2.24, 2.45) is 22.9 Å². The minimum atomic E-state index is -0.208. The minimum Gasteiger partial charge on any atom is -0.316 e. The number of nitrogens with two attached hydrogens (primary N) is 1. The van der Waals surface area contributed by atoms with Gasteiger partial charge in [-0.1, -0.05) is 0 Å². The van der Waals surface area contributed by atoms with Gasteiger partial charge in [-0.2, -0.15) is 0 Å². The van der Waals surface area contributed by atoms with E-state index >= 15 is 0 Å².